The molecule has 1 aromatic rings. The first-order valence-electron chi connectivity index (χ1n) is 5.26. The van der Waals surface area contributed by atoms with Gasteiger partial charge in [-0.2, -0.15) is 4.31 Å². The Hall–Kier alpha value is -0.660. The van der Waals surface area contributed by atoms with E-state index in [1.807, 2.05) is 5.38 Å². The van der Waals surface area contributed by atoms with Crippen LogP contribution < -0.4 is 4.90 Å². The monoisotopic (exact) mass is 261 g/mol. The molecule has 0 unspecified atom stereocenters. The van der Waals surface area contributed by atoms with Crippen molar-refractivity contribution in [2.24, 2.45) is 0 Å². The second kappa shape index (κ2) is 4.68. The second-order valence-electron chi connectivity index (χ2n) is 3.60. The minimum absolute atomic E-state index is 0.185. The maximum atomic E-state index is 11.6. The maximum Gasteiger partial charge on any atom is 0.213 e. The molecule has 2 heterocycles. The highest BCUT2D eigenvalue weighted by Gasteiger charge is 2.26. The number of hydrogen-bond donors (Lipinski definition) is 0. The zero-order valence-electron chi connectivity index (χ0n) is 9.16. The summed E-state index contributed by atoms with van der Waals surface area (Å²) in [5.41, 5.74) is 0. The number of rotatable bonds is 3. The molecule has 1 aliphatic heterocycles. The van der Waals surface area contributed by atoms with Gasteiger partial charge in [0, 0.05) is 37.8 Å². The molecule has 0 N–H and O–H groups in total. The normalized spacial score (nSPS) is 18.9. The Morgan fingerprint density at radius 3 is 2.56 bits per heavy atom. The molecule has 0 radical (unpaired) electrons. The van der Waals surface area contributed by atoms with Crippen LogP contribution in [0.5, 0.6) is 0 Å². The van der Waals surface area contributed by atoms with Crippen LogP contribution in [0.3, 0.4) is 0 Å². The number of aromatic nitrogens is 1. The fourth-order valence-corrected chi connectivity index (χ4v) is 3.49. The van der Waals surface area contributed by atoms with Gasteiger partial charge in [0.1, 0.15) is 0 Å². The van der Waals surface area contributed by atoms with Gasteiger partial charge in [0.15, 0.2) is 5.13 Å². The summed E-state index contributed by atoms with van der Waals surface area (Å²) in [5, 5.41) is 2.92. The predicted molar refractivity (Wildman–Crippen MR) is 65.4 cm³/mol. The van der Waals surface area contributed by atoms with E-state index in [-0.39, 0.29) is 5.75 Å². The standard InChI is InChI=1S/C9H15N3O2S2/c1-2-16(13,14)12-6-4-11(5-7-12)9-10-3-8-15-9/h3,8H,2,4-7H2,1H3. The maximum absolute atomic E-state index is 11.6. The molecule has 90 valence electrons. The number of piperazine rings is 1. The van der Waals surface area contributed by atoms with Crippen molar-refractivity contribution in [1.29, 1.82) is 0 Å². The van der Waals surface area contributed by atoms with Crippen LogP contribution in [0.1, 0.15) is 6.92 Å². The highest BCUT2D eigenvalue weighted by molar-refractivity contribution is 7.89. The Balaban J connectivity index is 1.98. The fourth-order valence-electron chi connectivity index (χ4n) is 1.71. The van der Waals surface area contributed by atoms with Crippen molar-refractivity contribution in [2.75, 3.05) is 36.8 Å². The minimum atomic E-state index is -3.02. The molecule has 0 atom stereocenters. The van der Waals surface area contributed by atoms with E-state index in [0.29, 0.717) is 13.1 Å². The van der Waals surface area contributed by atoms with Crippen molar-refractivity contribution in [1.82, 2.24) is 9.29 Å². The first-order valence-corrected chi connectivity index (χ1v) is 7.74. The van der Waals surface area contributed by atoms with E-state index < -0.39 is 10.0 Å². The van der Waals surface area contributed by atoms with Crippen molar-refractivity contribution < 1.29 is 8.42 Å². The second-order valence-corrected chi connectivity index (χ2v) is 6.73. The average molecular weight is 261 g/mol. The quantitative estimate of drug-likeness (QED) is 0.800. The molecule has 5 nitrogen and oxygen atoms in total. The van der Waals surface area contributed by atoms with Crippen LogP contribution in [0.15, 0.2) is 11.6 Å². The third kappa shape index (κ3) is 2.36. The van der Waals surface area contributed by atoms with Gasteiger partial charge in [0.2, 0.25) is 10.0 Å². The molecule has 0 amide bonds. The van der Waals surface area contributed by atoms with E-state index in [9.17, 15) is 8.42 Å². The van der Waals surface area contributed by atoms with Crippen molar-refractivity contribution in [2.45, 2.75) is 6.92 Å². The van der Waals surface area contributed by atoms with Crippen LogP contribution in [0, 0.1) is 0 Å². The first kappa shape index (κ1) is 11.8. The highest BCUT2D eigenvalue weighted by atomic mass is 32.2. The van der Waals surface area contributed by atoms with E-state index in [4.69, 9.17) is 0 Å². The van der Waals surface area contributed by atoms with Crippen LogP contribution in [0.2, 0.25) is 0 Å². The molecular formula is C9H15N3O2S2. The van der Waals surface area contributed by atoms with Gasteiger partial charge >= 0.3 is 0 Å². The molecule has 1 aliphatic rings. The van der Waals surface area contributed by atoms with E-state index in [1.165, 1.54) is 0 Å². The van der Waals surface area contributed by atoms with Gasteiger partial charge < -0.3 is 4.90 Å². The minimum Gasteiger partial charge on any atom is -0.345 e. The Bertz CT molecular complexity index is 422. The Kier molecular flexibility index (Phi) is 3.46. The van der Waals surface area contributed by atoms with Gasteiger partial charge in [0.05, 0.1) is 5.75 Å². The molecule has 16 heavy (non-hydrogen) atoms. The third-order valence-corrected chi connectivity index (χ3v) is 5.40. The summed E-state index contributed by atoms with van der Waals surface area (Å²) >= 11 is 1.59. The molecule has 0 saturated carbocycles. The molecule has 1 saturated heterocycles. The Labute approximate surface area is 99.8 Å². The summed E-state index contributed by atoms with van der Waals surface area (Å²) in [6.07, 6.45) is 1.77. The summed E-state index contributed by atoms with van der Waals surface area (Å²) in [6.45, 7) is 4.27. The van der Waals surface area contributed by atoms with E-state index in [0.717, 1.165) is 18.2 Å². The molecule has 0 spiro atoms. The van der Waals surface area contributed by atoms with Crippen LogP contribution in [-0.2, 0) is 10.0 Å². The zero-order valence-corrected chi connectivity index (χ0v) is 10.8. The number of sulfonamides is 1. The van der Waals surface area contributed by atoms with E-state index in [2.05, 4.69) is 9.88 Å². The van der Waals surface area contributed by atoms with Crippen molar-refractivity contribution in [3.63, 3.8) is 0 Å². The van der Waals surface area contributed by atoms with Crippen LogP contribution in [0.25, 0.3) is 0 Å². The summed E-state index contributed by atoms with van der Waals surface area (Å²) < 4.78 is 24.9. The van der Waals surface area contributed by atoms with Gasteiger partial charge in [-0.15, -0.1) is 11.3 Å². The van der Waals surface area contributed by atoms with Gasteiger partial charge in [-0.1, -0.05) is 0 Å². The molecule has 2 rings (SSSR count). The van der Waals surface area contributed by atoms with Crippen molar-refractivity contribution in [3.8, 4) is 0 Å². The van der Waals surface area contributed by atoms with Crippen LogP contribution >= 0.6 is 11.3 Å². The lowest BCUT2D eigenvalue weighted by molar-refractivity contribution is 0.385. The topological polar surface area (TPSA) is 53.5 Å². The van der Waals surface area contributed by atoms with Gasteiger partial charge in [-0.05, 0) is 6.92 Å². The van der Waals surface area contributed by atoms with Crippen LogP contribution in [0.4, 0.5) is 5.13 Å². The molecule has 0 bridgehead atoms. The molecule has 7 heteroatoms. The lowest BCUT2D eigenvalue weighted by Gasteiger charge is -2.33. The number of anilines is 1. The highest BCUT2D eigenvalue weighted by Crippen LogP contribution is 2.19. The lowest BCUT2D eigenvalue weighted by atomic mass is 10.4. The summed E-state index contributed by atoms with van der Waals surface area (Å²) in [5.74, 6) is 0.185. The molecule has 0 aromatic carbocycles. The van der Waals surface area contributed by atoms with Gasteiger partial charge in [-0.25, -0.2) is 13.4 Å². The van der Waals surface area contributed by atoms with Gasteiger partial charge in [-0.3, -0.25) is 0 Å². The summed E-state index contributed by atoms with van der Waals surface area (Å²) in [4.78, 5) is 6.36. The molecule has 1 aromatic heterocycles. The van der Waals surface area contributed by atoms with Gasteiger partial charge in [0.25, 0.3) is 0 Å². The summed E-state index contributed by atoms with van der Waals surface area (Å²) in [7, 11) is -3.02. The fraction of sp³-hybridized carbons (Fsp3) is 0.667. The SMILES string of the molecule is CCS(=O)(=O)N1CCN(c2nccs2)CC1. The van der Waals surface area contributed by atoms with E-state index >= 15 is 0 Å². The number of nitrogens with zero attached hydrogens (tertiary/aromatic N) is 3. The first-order chi connectivity index (χ1) is 7.63. The Morgan fingerprint density at radius 1 is 1.38 bits per heavy atom. The van der Waals surface area contributed by atoms with E-state index in [1.54, 1.807) is 28.8 Å². The zero-order chi connectivity index (χ0) is 11.6. The molecule has 1 fully saturated rings. The van der Waals surface area contributed by atoms with Crippen molar-refractivity contribution >= 4 is 26.5 Å². The predicted octanol–water partition coefficient (Wildman–Crippen LogP) is 0.615. The smallest absolute Gasteiger partial charge is 0.213 e. The number of hydrogen-bond acceptors (Lipinski definition) is 5. The van der Waals surface area contributed by atoms with Crippen molar-refractivity contribution in [3.05, 3.63) is 11.6 Å². The van der Waals surface area contributed by atoms with Crippen LogP contribution in [-0.4, -0.2) is 49.6 Å². The number of thiazole rings is 1. The Morgan fingerprint density at radius 2 is 2.06 bits per heavy atom. The summed E-state index contributed by atoms with van der Waals surface area (Å²) in [6, 6.07) is 0. The largest absolute Gasteiger partial charge is 0.345 e. The third-order valence-electron chi connectivity index (χ3n) is 2.69. The lowest BCUT2D eigenvalue weighted by Crippen LogP contribution is -2.49. The average Bonchev–Trinajstić information content (AvgIpc) is 2.83. The molecule has 0 aliphatic carbocycles. The molecular weight excluding hydrogens is 246 g/mol.